The molecule has 0 saturated carbocycles. The quantitative estimate of drug-likeness (QED) is 0.689. The summed E-state index contributed by atoms with van der Waals surface area (Å²) in [4.78, 5) is 4.38. The minimum Gasteiger partial charge on any atom is -0.261 e. The van der Waals surface area contributed by atoms with Crippen LogP contribution in [0.5, 0.6) is 0 Å². The lowest BCUT2D eigenvalue weighted by Crippen LogP contribution is -2.17. The summed E-state index contributed by atoms with van der Waals surface area (Å²) in [6.07, 6.45) is 3.02. The molecule has 0 bridgehead atoms. The normalized spacial score (nSPS) is 10.4. The van der Waals surface area contributed by atoms with Gasteiger partial charge in [-0.2, -0.15) is 0 Å². The van der Waals surface area contributed by atoms with Crippen LogP contribution in [0.2, 0.25) is 0 Å². The first-order valence-corrected chi connectivity index (χ1v) is 5.49. The summed E-state index contributed by atoms with van der Waals surface area (Å²) in [6.45, 7) is 12.8. The molecule has 80 valence electrons. The third-order valence-corrected chi connectivity index (χ3v) is 2.49. The van der Waals surface area contributed by atoms with Crippen LogP contribution in [-0.2, 0) is 5.41 Å². The molecule has 0 aliphatic rings. The van der Waals surface area contributed by atoms with E-state index in [-0.39, 0.29) is 5.41 Å². The lowest BCUT2D eigenvalue weighted by atomic mass is 9.85. The number of nitrogens with zero attached hydrogens (tertiary/aromatic N) is 1. The van der Waals surface area contributed by atoms with Crippen molar-refractivity contribution >= 4 is 0 Å². The Hall–Kier alpha value is -0.850. The number of hydrogen-bond acceptors (Lipinski definition) is 1. The molecule has 0 aliphatic carbocycles. The lowest BCUT2D eigenvalue weighted by molar-refractivity contribution is 0.490. The summed E-state index contributed by atoms with van der Waals surface area (Å²) < 4.78 is 0. The number of aryl methyl sites for hydroxylation is 1. The minimum atomic E-state index is 0.214. The van der Waals surface area contributed by atoms with E-state index in [0.717, 1.165) is 6.42 Å². The molecule has 0 radical (unpaired) electrons. The third kappa shape index (κ3) is 3.49. The highest BCUT2D eigenvalue weighted by atomic mass is 14.7. The fourth-order valence-corrected chi connectivity index (χ4v) is 1.09. The van der Waals surface area contributed by atoms with Gasteiger partial charge in [-0.15, -0.1) is 0 Å². The van der Waals surface area contributed by atoms with Crippen molar-refractivity contribution < 1.29 is 0 Å². The van der Waals surface area contributed by atoms with Gasteiger partial charge < -0.3 is 0 Å². The van der Waals surface area contributed by atoms with Gasteiger partial charge in [0, 0.05) is 17.3 Å². The van der Waals surface area contributed by atoms with Crippen molar-refractivity contribution in [2.45, 2.75) is 53.4 Å². The van der Waals surface area contributed by atoms with Crippen molar-refractivity contribution in [1.29, 1.82) is 0 Å². The first-order valence-electron chi connectivity index (χ1n) is 5.49. The molecule has 1 aromatic rings. The van der Waals surface area contributed by atoms with Gasteiger partial charge in [0.25, 0.3) is 0 Å². The maximum Gasteiger partial charge on any atom is 0.0462 e. The maximum atomic E-state index is 4.38. The van der Waals surface area contributed by atoms with E-state index < -0.39 is 0 Å². The topological polar surface area (TPSA) is 12.9 Å². The highest BCUT2D eigenvalue weighted by Gasteiger charge is 2.18. The molecule has 1 nitrogen and oxygen atoms in total. The van der Waals surface area contributed by atoms with Gasteiger partial charge in [-0.1, -0.05) is 34.6 Å². The maximum absolute atomic E-state index is 4.38. The zero-order valence-electron chi connectivity index (χ0n) is 10.4. The van der Waals surface area contributed by atoms with Crippen LogP contribution in [0.15, 0.2) is 18.3 Å². The lowest BCUT2D eigenvalue weighted by Gasteiger charge is -2.21. The summed E-state index contributed by atoms with van der Waals surface area (Å²) in [5, 5.41) is 0. The Balaban J connectivity index is 0.000000791. The largest absolute Gasteiger partial charge is 0.261 e. The minimum absolute atomic E-state index is 0.214. The average molecular weight is 193 g/mol. The second-order valence-electron chi connectivity index (χ2n) is 3.96. The van der Waals surface area contributed by atoms with E-state index in [4.69, 9.17) is 0 Å². The van der Waals surface area contributed by atoms with Crippen LogP contribution in [0.4, 0.5) is 0 Å². The molecule has 0 atom stereocenters. The highest BCUT2D eigenvalue weighted by molar-refractivity contribution is 5.20. The molecule has 0 N–H and O–H groups in total. The summed E-state index contributed by atoms with van der Waals surface area (Å²) >= 11 is 0. The second-order valence-corrected chi connectivity index (χ2v) is 3.96. The van der Waals surface area contributed by atoms with Crippen molar-refractivity contribution in [3.05, 3.63) is 29.6 Å². The molecule has 0 aromatic carbocycles. The summed E-state index contributed by atoms with van der Waals surface area (Å²) in [6, 6.07) is 4.21. The monoisotopic (exact) mass is 193 g/mol. The zero-order chi connectivity index (χ0) is 11.2. The van der Waals surface area contributed by atoms with Crippen LogP contribution in [0.3, 0.4) is 0 Å². The van der Waals surface area contributed by atoms with Gasteiger partial charge >= 0.3 is 0 Å². The van der Waals surface area contributed by atoms with Crippen molar-refractivity contribution in [2.75, 3.05) is 0 Å². The van der Waals surface area contributed by atoms with E-state index in [1.54, 1.807) is 0 Å². The standard InChI is InChI=1S/C11H17N.C2H6/c1-5-11(3,4)10-8-9(2)6-7-12-10;1-2/h6-8H,5H2,1-4H3;1-2H3. The molecule has 1 rings (SSSR count). The number of pyridine rings is 1. The molecule has 0 saturated heterocycles. The molecule has 14 heavy (non-hydrogen) atoms. The van der Waals surface area contributed by atoms with Gasteiger partial charge in [0.15, 0.2) is 0 Å². The molecule has 1 heterocycles. The van der Waals surface area contributed by atoms with E-state index in [9.17, 15) is 0 Å². The van der Waals surface area contributed by atoms with Crippen LogP contribution >= 0.6 is 0 Å². The molecular formula is C13H23N. The predicted octanol–water partition coefficient (Wildman–Crippen LogP) is 4.10. The van der Waals surface area contributed by atoms with E-state index in [0.29, 0.717) is 0 Å². The Bertz CT molecular complexity index is 264. The fourth-order valence-electron chi connectivity index (χ4n) is 1.09. The fraction of sp³-hybridized carbons (Fsp3) is 0.615. The van der Waals surface area contributed by atoms with Crippen molar-refractivity contribution in [3.63, 3.8) is 0 Å². The summed E-state index contributed by atoms with van der Waals surface area (Å²) in [7, 11) is 0. The van der Waals surface area contributed by atoms with E-state index >= 15 is 0 Å². The van der Waals surface area contributed by atoms with Gasteiger partial charge in [0.1, 0.15) is 0 Å². The first kappa shape index (κ1) is 13.2. The molecule has 1 aromatic heterocycles. The molecular weight excluding hydrogens is 170 g/mol. The zero-order valence-corrected chi connectivity index (χ0v) is 10.4. The molecule has 0 spiro atoms. The molecule has 0 fully saturated rings. The molecule has 0 unspecified atom stereocenters. The second kappa shape index (κ2) is 5.79. The molecule has 1 heteroatoms. The molecule has 0 amide bonds. The Morgan fingerprint density at radius 1 is 1.29 bits per heavy atom. The average Bonchev–Trinajstić information content (AvgIpc) is 2.21. The first-order chi connectivity index (χ1) is 6.56. The van der Waals surface area contributed by atoms with Crippen LogP contribution < -0.4 is 0 Å². The third-order valence-electron chi connectivity index (χ3n) is 2.49. The van der Waals surface area contributed by atoms with Gasteiger partial charge in [0.2, 0.25) is 0 Å². The summed E-state index contributed by atoms with van der Waals surface area (Å²) in [5.41, 5.74) is 2.71. The van der Waals surface area contributed by atoms with Crippen molar-refractivity contribution in [1.82, 2.24) is 4.98 Å². The van der Waals surface area contributed by atoms with E-state index in [1.165, 1.54) is 11.3 Å². The predicted molar refractivity (Wildman–Crippen MR) is 63.6 cm³/mol. The Morgan fingerprint density at radius 2 is 1.86 bits per heavy atom. The van der Waals surface area contributed by atoms with Crippen LogP contribution in [0, 0.1) is 6.92 Å². The Labute approximate surface area is 88.6 Å². The van der Waals surface area contributed by atoms with Gasteiger partial charge in [-0.05, 0) is 31.0 Å². The van der Waals surface area contributed by atoms with Crippen molar-refractivity contribution in [2.24, 2.45) is 0 Å². The van der Waals surface area contributed by atoms with Crippen LogP contribution in [-0.4, -0.2) is 4.98 Å². The molecule has 0 aliphatic heterocycles. The number of aromatic nitrogens is 1. The van der Waals surface area contributed by atoms with Gasteiger partial charge in [0.05, 0.1) is 0 Å². The van der Waals surface area contributed by atoms with Crippen LogP contribution in [0.1, 0.15) is 52.3 Å². The van der Waals surface area contributed by atoms with Gasteiger partial charge in [-0.25, -0.2) is 0 Å². The number of hydrogen-bond donors (Lipinski definition) is 0. The highest BCUT2D eigenvalue weighted by Crippen LogP contribution is 2.24. The van der Waals surface area contributed by atoms with Gasteiger partial charge in [-0.3, -0.25) is 4.98 Å². The van der Waals surface area contributed by atoms with E-state index in [2.05, 4.69) is 38.7 Å². The van der Waals surface area contributed by atoms with Crippen molar-refractivity contribution in [3.8, 4) is 0 Å². The Morgan fingerprint density at radius 3 is 2.29 bits per heavy atom. The summed E-state index contributed by atoms with van der Waals surface area (Å²) in [5.74, 6) is 0. The number of rotatable bonds is 2. The van der Waals surface area contributed by atoms with Crippen LogP contribution in [0.25, 0.3) is 0 Å². The smallest absolute Gasteiger partial charge is 0.0462 e. The SMILES string of the molecule is CC.CCC(C)(C)c1cc(C)ccn1. The van der Waals surface area contributed by atoms with E-state index in [1.807, 2.05) is 26.1 Å². The Kier molecular flexibility index (Phi) is 5.44.